The molecule has 1 N–H and O–H groups in total. The maximum Gasteiger partial charge on any atom is 0.0239 e. The topological polar surface area (TPSA) is 15.3 Å². The van der Waals surface area contributed by atoms with Gasteiger partial charge in [-0.2, -0.15) is 0 Å². The average Bonchev–Trinajstić information content (AvgIpc) is 2.60. The van der Waals surface area contributed by atoms with Crippen LogP contribution in [0.5, 0.6) is 0 Å². The molecule has 1 aromatic carbocycles. The molecule has 0 aliphatic carbocycles. The van der Waals surface area contributed by atoms with Gasteiger partial charge in [-0.25, -0.2) is 0 Å². The van der Waals surface area contributed by atoms with Crippen LogP contribution in [0.25, 0.3) is 0 Å². The Hall–Kier alpha value is -0.860. The summed E-state index contributed by atoms with van der Waals surface area (Å²) in [5.41, 5.74) is 3.07. The molecule has 0 aromatic heterocycles. The first-order valence-corrected chi connectivity index (χ1v) is 7.68. The summed E-state index contributed by atoms with van der Waals surface area (Å²) in [6, 6.07) is 9.54. The summed E-state index contributed by atoms with van der Waals surface area (Å²) in [6.07, 6.45) is 2.52. The van der Waals surface area contributed by atoms with Crippen molar-refractivity contribution in [1.29, 1.82) is 0 Å². The minimum atomic E-state index is 0.616. The van der Waals surface area contributed by atoms with Crippen molar-refractivity contribution in [2.24, 2.45) is 5.92 Å². The van der Waals surface area contributed by atoms with Crippen molar-refractivity contribution in [3.8, 4) is 0 Å². The van der Waals surface area contributed by atoms with Gasteiger partial charge in [0, 0.05) is 19.1 Å². The second-order valence-electron chi connectivity index (χ2n) is 6.24. The molecule has 0 amide bonds. The lowest BCUT2D eigenvalue weighted by Gasteiger charge is -2.28. The molecule has 1 atom stereocenters. The summed E-state index contributed by atoms with van der Waals surface area (Å²) >= 11 is 0. The van der Waals surface area contributed by atoms with Gasteiger partial charge >= 0.3 is 0 Å². The number of rotatable bonds is 5. The second kappa shape index (κ2) is 7.06. The lowest BCUT2D eigenvalue weighted by Crippen LogP contribution is -2.41. The average molecular weight is 260 g/mol. The zero-order valence-corrected chi connectivity index (χ0v) is 12.7. The molecule has 2 nitrogen and oxygen atoms in total. The van der Waals surface area contributed by atoms with E-state index in [-0.39, 0.29) is 0 Å². The van der Waals surface area contributed by atoms with Gasteiger partial charge in [0.2, 0.25) is 0 Å². The fraction of sp³-hybridized carbons (Fsp3) is 0.647. The van der Waals surface area contributed by atoms with Crippen molar-refractivity contribution >= 4 is 0 Å². The number of benzene rings is 1. The predicted octanol–water partition coefficient (Wildman–Crippen LogP) is 3.07. The summed E-state index contributed by atoms with van der Waals surface area (Å²) in [5.74, 6) is 0.733. The molecule has 19 heavy (non-hydrogen) atoms. The molecule has 1 unspecified atom stereocenters. The van der Waals surface area contributed by atoms with Crippen LogP contribution >= 0.6 is 0 Å². The standard InChI is InChI=1S/C17H28N2/c1-14(2)11-18-12-15(3)19-10-6-9-16-7-4-5-8-17(16)13-19/h4-5,7-8,14-15,18H,6,9-13H2,1-3H3. The van der Waals surface area contributed by atoms with Gasteiger partial charge in [0.1, 0.15) is 0 Å². The van der Waals surface area contributed by atoms with Crippen LogP contribution in [-0.2, 0) is 13.0 Å². The zero-order chi connectivity index (χ0) is 13.7. The molecule has 2 rings (SSSR count). The van der Waals surface area contributed by atoms with Crippen LogP contribution in [0.3, 0.4) is 0 Å². The van der Waals surface area contributed by atoms with Gasteiger partial charge < -0.3 is 5.32 Å². The van der Waals surface area contributed by atoms with Crippen molar-refractivity contribution < 1.29 is 0 Å². The van der Waals surface area contributed by atoms with E-state index < -0.39 is 0 Å². The molecule has 0 bridgehead atoms. The monoisotopic (exact) mass is 260 g/mol. The molecule has 0 fully saturated rings. The SMILES string of the molecule is CC(C)CNCC(C)N1CCCc2ccccc2C1. The first-order chi connectivity index (χ1) is 9.16. The molecule has 2 heteroatoms. The molecular weight excluding hydrogens is 232 g/mol. The summed E-state index contributed by atoms with van der Waals surface area (Å²) < 4.78 is 0. The molecule has 1 aromatic rings. The van der Waals surface area contributed by atoms with Gasteiger partial charge in [0.25, 0.3) is 0 Å². The Balaban J connectivity index is 1.90. The lowest BCUT2D eigenvalue weighted by atomic mass is 10.0. The van der Waals surface area contributed by atoms with Crippen molar-refractivity contribution in [3.05, 3.63) is 35.4 Å². The molecule has 1 heterocycles. The Morgan fingerprint density at radius 2 is 1.84 bits per heavy atom. The first-order valence-electron chi connectivity index (χ1n) is 7.68. The smallest absolute Gasteiger partial charge is 0.0239 e. The number of hydrogen-bond acceptors (Lipinski definition) is 2. The van der Waals surface area contributed by atoms with Crippen molar-refractivity contribution in [2.75, 3.05) is 19.6 Å². The van der Waals surface area contributed by atoms with Gasteiger partial charge in [-0.15, -0.1) is 0 Å². The largest absolute Gasteiger partial charge is 0.315 e. The third kappa shape index (κ3) is 4.32. The molecule has 0 radical (unpaired) electrons. The highest BCUT2D eigenvalue weighted by Gasteiger charge is 2.18. The normalized spacial score (nSPS) is 18.1. The van der Waals surface area contributed by atoms with E-state index in [1.54, 1.807) is 5.56 Å². The zero-order valence-electron chi connectivity index (χ0n) is 12.7. The van der Waals surface area contributed by atoms with E-state index in [2.05, 4.69) is 55.3 Å². The van der Waals surface area contributed by atoms with Crippen molar-refractivity contribution in [2.45, 2.75) is 46.2 Å². The Morgan fingerprint density at radius 1 is 1.11 bits per heavy atom. The minimum absolute atomic E-state index is 0.616. The highest BCUT2D eigenvalue weighted by atomic mass is 15.2. The Kier molecular flexibility index (Phi) is 5.41. The van der Waals surface area contributed by atoms with Crippen LogP contribution in [0.1, 0.15) is 38.3 Å². The number of nitrogens with one attached hydrogen (secondary N) is 1. The van der Waals surface area contributed by atoms with Crippen LogP contribution in [-0.4, -0.2) is 30.6 Å². The summed E-state index contributed by atoms with van der Waals surface area (Å²) in [5, 5.41) is 3.58. The van der Waals surface area contributed by atoms with Crippen molar-refractivity contribution in [3.63, 3.8) is 0 Å². The second-order valence-corrected chi connectivity index (χ2v) is 6.24. The van der Waals surface area contributed by atoms with E-state index >= 15 is 0 Å². The van der Waals surface area contributed by atoms with E-state index in [0.29, 0.717) is 6.04 Å². The third-order valence-corrected chi connectivity index (χ3v) is 4.00. The van der Waals surface area contributed by atoms with E-state index in [4.69, 9.17) is 0 Å². The molecule has 1 aliphatic rings. The fourth-order valence-electron chi connectivity index (χ4n) is 2.81. The van der Waals surface area contributed by atoms with Crippen LogP contribution in [0, 0.1) is 5.92 Å². The molecule has 106 valence electrons. The van der Waals surface area contributed by atoms with Crippen molar-refractivity contribution in [1.82, 2.24) is 10.2 Å². The van der Waals surface area contributed by atoms with Crippen LogP contribution in [0.15, 0.2) is 24.3 Å². The fourth-order valence-corrected chi connectivity index (χ4v) is 2.81. The Bertz CT molecular complexity index is 387. The number of fused-ring (bicyclic) bond motifs is 1. The van der Waals surface area contributed by atoms with Gasteiger partial charge in [0.05, 0.1) is 0 Å². The van der Waals surface area contributed by atoms with Crippen LogP contribution in [0.4, 0.5) is 0 Å². The summed E-state index contributed by atoms with van der Waals surface area (Å²) in [7, 11) is 0. The van der Waals surface area contributed by atoms with E-state index in [0.717, 1.165) is 25.6 Å². The van der Waals surface area contributed by atoms with E-state index in [1.807, 2.05) is 0 Å². The molecule has 0 saturated carbocycles. The quantitative estimate of drug-likeness (QED) is 0.875. The summed E-state index contributed by atoms with van der Waals surface area (Å²) in [6.45, 7) is 11.4. The Morgan fingerprint density at radius 3 is 2.58 bits per heavy atom. The molecule has 0 saturated heterocycles. The first kappa shape index (κ1) is 14.5. The van der Waals surface area contributed by atoms with E-state index in [9.17, 15) is 0 Å². The highest BCUT2D eigenvalue weighted by molar-refractivity contribution is 5.28. The predicted molar refractivity (Wildman–Crippen MR) is 82.3 cm³/mol. The molecule has 1 aliphatic heterocycles. The van der Waals surface area contributed by atoms with Gasteiger partial charge in [-0.05, 0) is 49.9 Å². The maximum atomic E-state index is 3.58. The number of nitrogens with zero attached hydrogens (tertiary/aromatic N) is 1. The molecule has 0 spiro atoms. The summed E-state index contributed by atoms with van der Waals surface area (Å²) in [4.78, 5) is 2.62. The Labute approximate surface area is 118 Å². The van der Waals surface area contributed by atoms with Crippen LogP contribution in [0.2, 0.25) is 0 Å². The minimum Gasteiger partial charge on any atom is -0.315 e. The van der Waals surface area contributed by atoms with E-state index in [1.165, 1.54) is 24.9 Å². The number of hydrogen-bond donors (Lipinski definition) is 1. The van der Waals surface area contributed by atoms with Gasteiger partial charge in [-0.1, -0.05) is 38.1 Å². The van der Waals surface area contributed by atoms with Gasteiger partial charge in [-0.3, -0.25) is 4.90 Å². The lowest BCUT2D eigenvalue weighted by molar-refractivity contribution is 0.197. The maximum absolute atomic E-state index is 3.58. The van der Waals surface area contributed by atoms with Crippen LogP contribution < -0.4 is 5.32 Å². The highest BCUT2D eigenvalue weighted by Crippen LogP contribution is 2.19. The third-order valence-electron chi connectivity index (χ3n) is 4.00. The number of aryl methyl sites for hydroxylation is 1. The molecular formula is C17H28N2. The van der Waals surface area contributed by atoms with Gasteiger partial charge in [0.15, 0.2) is 0 Å².